The minimum atomic E-state index is 0.364. The zero-order chi connectivity index (χ0) is 14.1. The maximum atomic E-state index is 6.01. The quantitative estimate of drug-likeness (QED) is 0.749. The van der Waals surface area contributed by atoms with E-state index in [0.717, 1.165) is 22.3 Å². The number of nitrogens with zero attached hydrogens (tertiary/aromatic N) is 2. The first-order chi connectivity index (χ1) is 9.63. The first-order valence-electron chi connectivity index (χ1n) is 6.19. The monoisotopic (exact) mass is 284 g/mol. The summed E-state index contributed by atoms with van der Waals surface area (Å²) in [4.78, 5) is 8.84. The van der Waals surface area contributed by atoms with Crippen LogP contribution in [0.5, 0.6) is 0 Å². The van der Waals surface area contributed by atoms with Crippen LogP contribution in [-0.2, 0) is 0 Å². The summed E-state index contributed by atoms with van der Waals surface area (Å²) >= 11 is 6.01. The lowest BCUT2D eigenvalue weighted by Crippen LogP contribution is -2.03. The molecule has 1 aromatic heterocycles. The SMILES string of the molecule is Cc1ccc(Cl)cc1Nc1nc2ccccc2nc1N. The minimum Gasteiger partial charge on any atom is -0.381 e. The number of benzene rings is 2. The Kier molecular flexibility index (Phi) is 3.16. The Labute approximate surface area is 121 Å². The second-order valence-corrected chi connectivity index (χ2v) is 4.97. The molecule has 0 fully saturated rings. The zero-order valence-electron chi connectivity index (χ0n) is 10.9. The number of anilines is 3. The number of nitrogens with two attached hydrogens (primary N) is 1. The van der Waals surface area contributed by atoms with Gasteiger partial charge < -0.3 is 11.1 Å². The van der Waals surface area contributed by atoms with Crippen LogP contribution < -0.4 is 11.1 Å². The highest BCUT2D eigenvalue weighted by atomic mass is 35.5. The van der Waals surface area contributed by atoms with E-state index < -0.39 is 0 Å². The van der Waals surface area contributed by atoms with Gasteiger partial charge in [-0.15, -0.1) is 0 Å². The normalized spacial score (nSPS) is 10.7. The Hall–Kier alpha value is -2.33. The fraction of sp³-hybridized carbons (Fsp3) is 0.0667. The number of aromatic nitrogens is 2. The molecule has 3 N–H and O–H groups in total. The third-order valence-corrected chi connectivity index (χ3v) is 3.29. The summed E-state index contributed by atoms with van der Waals surface area (Å²) in [5, 5.41) is 3.85. The second-order valence-electron chi connectivity index (χ2n) is 4.53. The molecule has 0 unspecified atom stereocenters. The van der Waals surface area contributed by atoms with Gasteiger partial charge in [0.05, 0.1) is 11.0 Å². The molecular weight excluding hydrogens is 272 g/mol. The van der Waals surface area contributed by atoms with Crippen molar-refractivity contribution < 1.29 is 0 Å². The van der Waals surface area contributed by atoms with Crippen molar-refractivity contribution in [2.45, 2.75) is 6.92 Å². The molecule has 0 bridgehead atoms. The standard InChI is InChI=1S/C15H13ClN4/c1-9-6-7-10(16)8-13(9)20-15-14(17)18-11-4-2-3-5-12(11)19-15/h2-8H,1H3,(H2,17,18)(H,19,20). The summed E-state index contributed by atoms with van der Waals surface area (Å²) in [5.41, 5.74) is 9.45. The first-order valence-corrected chi connectivity index (χ1v) is 6.57. The lowest BCUT2D eigenvalue weighted by atomic mass is 10.2. The molecule has 100 valence electrons. The van der Waals surface area contributed by atoms with Gasteiger partial charge in [-0.05, 0) is 36.8 Å². The van der Waals surface area contributed by atoms with Crippen molar-refractivity contribution in [1.82, 2.24) is 9.97 Å². The second kappa shape index (κ2) is 4.98. The van der Waals surface area contributed by atoms with Crippen molar-refractivity contribution in [1.29, 1.82) is 0 Å². The Bertz CT molecular complexity index is 786. The highest BCUT2D eigenvalue weighted by molar-refractivity contribution is 6.30. The molecule has 1 heterocycles. The van der Waals surface area contributed by atoms with E-state index in [1.165, 1.54) is 0 Å². The van der Waals surface area contributed by atoms with Crippen LogP contribution in [0.25, 0.3) is 11.0 Å². The number of fused-ring (bicyclic) bond motifs is 1. The van der Waals surface area contributed by atoms with Crippen LogP contribution in [-0.4, -0.2) is 9.97 Å². The Balaban J connectivity index is 2.06. The van der Waals surface area contributed by atoms with Gasteiger partial charge in [-0.3, -0.25) is 0 Å². The third-order valence-electron chi connectivity index (χ3n) is 3.05. The number of nitrogens with one attached hydrogen (secondary N) is 1. The maximum Gasteiger partial charge on any atom is 0.174 e. The number of aryl methyl sites for hydroxylation is 1. The molecule has 5 heteroatoms. The molecule has 2 aromatic carbocycles. The van der Waals surface area contributed by atoms with E-state index in [1.807, 2.05) is 49.4 Å². The van der Waals surface area contributed by atoms with Gasteiger partial charge in [0.2, 0.25) is 0 Å². The highest BCUT2D eigenvalue weighted by Gasteiger charge is 2.07. The van der Waals surface area contributed by atoms with Crippen LogP contribution in [0, 0.1) is 6.92 Å². The average molecular weight is 285 g/mol. The number of nitrogen functional groups attached to an aromatic ring is 1. The molecule has 0 saturated heterocycles. The van der Waals surface area contributed by atoms with Crippen molar-refractivity contribution >= 4 is 40.0 Å². The lowest BCUT2D eigenvalue weighted by Gasteiger charge is -2.11. The number of halogens is 1. The summed E-state index contributed by atoms with van der Waals surface area (Å²) in [6, 6.07) is 13.2. The van der Waals surface area contributed by atoms with E-state index in [1.54, 1.807) is 0 Å². The molecular formula is C15H13ClN4. The van der Waals surface area contributed by atoms with Gasteiger partial charge in [-0.25, -0.2) is 9.97 Å². The van der Waals surface area contributed by atoms with E-state index in [2.05, 4.69) is 15.3 Å². The van der Waals surface area contributed by atoms with E-state index in [0.29, 0.717) is 16.7 Å². The molecule has 3 rings (SSSR count). The van der Waals surface area contributed by atoms with Gasteiger partial charge in [0.25, 0.3) is 0 Å². The number of para-hydroxylation sites is 2. The number of hydrogen-bond acceptors (Lipinski definition) is 4. The van der Waals surface area contributed by atoms with Crippen molar-refractivity contribution in [2.75, 3.05) is 11.1 Å². The third kappa shape index (κ3) is 2.38. The summed E-state index contributed by atoms with van der Waals surface area (Å²) in [7, 11) is 0. The predicted molar refractivity (Wildman–Crippen MR) is 83.4 cm³/mol. The minimum absolute atomic E-state index is 0.364. The topological polar surface area (TPSA) is 63.8 Å². The Morgan fingerprint density at radius 1 is 1.05 bits per heavy atom. The fourth-order valence-corrected chi connectivity index (χ4v) is 2.13. The summed E-state index contributed by atoms with van der Waals surface area (Å²) in [6.07, 6.45) is 0. The van der Waals surface area contributed by atoms with Crippen LogP contribution in [0.15, 0.2) is 42.5 Å². The highest BCUT2D eigenvalue weighted by Crippen LogP contribution is 2.26. The molecule has 0 atom stereocenters. The zero-order valence-corrected chi connectivity index (χ0v) is 11.6. The van der Waals surface area contributed by atoms with Crippen LogP contribution in [0.4, 0.5) is 17.3 Å². The number of hydrogen-bond donors (Lipinski definition) is 2. The van der Waals surface area contributed by atoms with Gasteiger partial charge in [0.1, 0.15) is 0 Å². The summed E-state index contributed by atoms with van der Waals surface area (Å²) < 4.78 is 0. The fourth-order valence-electron chi connectivity index (χ4n) is 1.96. The van der Waals surface area contributed by atoms with Gasteiger partial charge in [-0.2, -0.15) is 0 Å². The molecule has 0 aliphatic carbocycles. The smallest absolute Gasteiger partial charge is 0.174 e. The van der Waals surface area contributed by atoms with Crippen molar-refractivity contribution in [2.24, 2.45) is 0 Å². The van der Waals surface area contributed by atoms with Crippen LogP contribution in [0.3, 0.4) is 0 Å². The molecule has 0 amide bonds. The molecule has 0 saturated carbocycles. The molecule has 0 aliphatic rings. The van der Waals surface area contributed by atoms with Crippen LogP contribution >= 0.6 is 11.6 Å². The van der Waals surface area contributed by atoms with Crippen molar-refractivity contribution in [3.63, 3.8) is 0 Å². The van der Waals surface area contributed by atoms with Crippen molar-refractivity contribution in [3.8, 4) is 0 Å². The van der Waals surface area contributed by atoms with E-state index in [9.17, 15) is 0 Å². The van der Waals surface area contributed by atoms with Crippen molar-refractivity contribution in [3.05, 3.63) is 53.1 Å². The average Bonchev–Trinajstić information content (AvgIpc) is 2.43. The lowest BCUT2D eigenvalue weighted by molar-refractivity contribution is 1.28. The summed E-state index contributed by atoms with van der Waals surface area (Å²) in [5.74, 6) is 0.900. The predicted octanol–water partition coefficient (Wildman–Crippen LogP) is 3.92. The molecule has 4 nitrogen and oxygen atoms in total. The Morgan fingerprint density at radius 3 is 2.50 bits per heavy atom. The summed E-state index contributed by atoms with van der Waals surface area (Å²) in [6.45, 7) is 1.99. The van der Waals surface area contributed by atoms with E-state index in [-0.39, 0.29) is 0 Å². The molecule has 0 spiro atoms. The van der Waals surface area contributed by atoms with Gasteiger partial charge in [-0.1, -0.05) is 29.8 Å². The molecule has 0 aliphatic heterocycles. The van der Waals surface area contributed by atoms with Gasteiger partial charge in [0, 0.05) is 10.7 Å². The van der Waals surface area contributed by atoms with Crippen LogP contribution in [0.2, 0.25) is 5.02 Å². The largest absolute Gasteiger partial charge is 0.381 e. The van der Waals surface area contributed by atoms with Gasteiger partial charge >= 0.3 is 0 Å². The first kappa shape index (κ1) is 12.7. The maximum absolute atomic E-state index is 6.01. The van der Waals surface area contributed by atoms with E-state index >= 15 is 0 Å². The van der Waals surface area contributed by atoms with Crippen LogP contribution in [0.1, 0.15) is 5.56 Å². The molecule has 20 heavy (non-hydrogen) atoms. The number of rotatable bonds is 2. The van der Waals surface area contributed by atoms with Gasteiger partial charge in [0.15, 0.2) is 11.6 Å². The molecule has 0 radical (unpaired) electrons. The Morgan fingerprint density at radius 2 is 1.75 bits per heavy atom. The van der Waals surface area contributed by atoms with E-state index in [4.69, 9.17) is 17.3 Å². The molecule has 3 aromatic rings.